The number of nitrogens with zero attached hydrogens (tertiary/aromatic N) is 2. The molecule has 0 radical (unpaired) electrons. The summed E-state index contributed by atoms with van der Waals surface area (Å²) in [6, 6.07) is 6.91. The molecule has 2 N–H and O–H groups in total. The summed E-state index contributed by atoms with van der Waals surface area (Å²) in [7, 11) is 1.88. The maximum absolute atomic E-state index is 12.7. The van der Waals surface area contributed by atoms with Crippen molar-refractivity contribution in [3.8, 4) is 0 Å². The number of likely N-dealkylation sites (N-methyl/N-ethyl adjacent to an activating group) is 1. The number of aliphatic hydroxyl groups is 1. The van der Waals surface area contributed by atoms with Gasteiger partial charge in [0.05, 0.1) is 18.8 Å². The zero-order valence-electron chi connectivity index (χ0n) is 24.7. The molecule has 1 aliphatic rings. The van der Waals surface area contributed by atoms with Crippen LogP contribution in [0, 0.1) is 5.92 Å². The summed E-state index contributed by atoms with van der Waals surface area (Å²) in [5.41, 5.74) is 8.93. The summed E-state index contributed by atoms with van der Waals surface area (Å²) >= 11 is 0. The van der Waals surface area contributed by atoms with E-state index in [1.807, 2.05) is 22.9 Å². The molecule has 2 heterocycles. The fourth-order valence-electron chi connectivity index (χ4n) is 5.52. The zero-order valence-corrected chi connectivity index (χ0v) is 24.7. The van der Waals surface area contributed by atoms with Crippen LogP contribution in [0.2, 0.25) is 0 Å². The zero-order chi connectivity index (χ0) is 28.0. The van der Waals surface area contributed by atoms with Crippen LogP contribution >= 0.6 is 0 Å². The summed E-state index contributed by atoms with van der Waals surface area (Å²) in [6.07, 6.45) is 7.40. The van der Waals surface area contributed by atoms with Crippen LogP contribution in [0.3, 0.4) is 0 Å². The number of hydrogen-bond acceptors (Lipinski definition) is 3. The third-order valence-corrected chi connectivity index (χ3v) is 8.41. The first-order valence-electron chi connectivity index (χ1n) is 14.4. The van der Waals surface area contributed by atoms with E-state index in [-0.39, 0.29) is 12.5 Å². The van der Waals surface area contributed by atoms with E-state index in [2.05, 4.69) is 77.4 Å². The Morgan fingerprint density at radius 3 is 2.50 bits per heavy atom. The number of fused-ring (bicyclic) bond motifs is 1. The van der Waals surface area contributed by atoms with Gasteiger partial charge in [-0.05, 0) is 86.7 Å². The molecule has 208 valence electrons. The lowest BCUT2D eigenvalue weighted by Crippen LogP contribution is -2.43. The Labute approximate surface area is 230 Å². The summed E-state index contributed by atoms with van der Waals surface area (Å²) < 4.78 is 0. The maximum Gasteiger partial charge on any atom is 0.236 e. The van der Waals surface area contributed by atoms with Gasteiger partial charge in [-0.25, -0.2) is 0 Å². The van der Waals surface area contributed by atoms with Crippen LogP contribution in [0.5, 0.6) is 0 Å². The Kier molecular flexibility index (Phi) is 10.6. The Bertz CT molecular complexity index is 1180. The molecule has 5 heteroatoms. The van der Waals surface area contributed by atoms with Crippen LogP contribution in [0.25, 0.3) is 16.5 Å². The first kappa shape index (κ1) is 29.9. The number of rotatable bonds is 11. The fraction of sp³-hybridized carbons (Fsp3) is 0.545. The third-order valence-electron chi connectivity index (χ3n) is 8.41. The van der Waals surface area contributed by atoms with Crippen molar-refractivity contribution in [3.05, 3.63) is 64.9 Å². The third kappa shape index (κ3) is 6.86. The minimum atomic E-state index is 0.0752. The standard InChI is InChI=1S/C33H49N3O2/c1-9-23(5)25(7)19-28(24(6)10-2)33-32(22(3)4)29-20-27(11-12-30(29)34-33)26-13-15-36(16-14-26)31(38)21-35(8)17-18-37/h10-12,19-20,22-23,26,34,37H,2,9,13-18,21H2,1,3-8H3/b25-19-,28-24+. The molecule has 0 bridgehead atoms. The molecule has 1 aromatic carbocycles. The minimum Gasteiger partial charge on any atom is -0.395 e. The molecule has 1 atom stereocenters. The molecule has 1 saturated heterocycles. The van der Waals surface area contributed by atoms with Crippen molar-refractivity contribution in [2.24, 2.45) is 5.92 Å². The summed E-state index contributed by atoms with van der Waals surface area (Å²) in [5.74, 6) is 1.52. The van der Waals surface area contributed by atoms with Crippen molar-refractivity contribution < 1.29 is 9.90 Å². The second kappa shape index (κ2) is 13.4. The smallest absolute Gasteiger partial charge is 0.236 e. The number of nitrogens with one attached hydrogen (secondary N) is 1. The minimum absolute atomic E-state index is 0.0752. The molecule has 38 heavy (non-hydrogen) atoms. The van der Waals surface area contributed by atoms with Crippen LogP contribution in [0.1, 0.15) is 89.5 Å². The number of amides is 1. The number of H-pyrrole nitrogens is 1. The van der Waals surface area contributed by atoms with Gasteiger partial charge in [0.1, 0.15) is 0 Å². The van der Waals surface area contributed by atoms with E-state index in [0.717, 1.165) is 32.4 Å². The topological polar surface area (TPSA) is 59.6 Å². The lowest BCUT2D eigenvalue weighted by Gasteiger charge is -2.33. The maximum atomic E-state index is 12.7. The molecule has 0 spiro atoms. The average molecular weight is 520 g/mol. The lowest BCUT2D eigenvalue weighted by atomic mass is 9.87. The quantitative estimate of drug-likeness (QED) is 0.318. The Morgan fingerprint density at radius 2 is 1.92 bits per heavy atom. The second-order valence-electron chi connectivity index (χ2n) is 11.5. The highest BCUT2D eigenvalue weighted by atomic mass is 16.3. The Balaban J connectivity index is 1.91. The van der Waals surface area contributed by atoms with Crippen LogP contribution < -0.4 is 0 Å². The van der Waals surface area contributed by atoms with Gasteiger partial charge in [-0.15, -0.1) is 0 Å². The number of hydrogen-bond donors (Lipinski definition) is 2. The monoisotopic (exact) mass is 519 g/mol. The molecule has 2 aromatic rings. The van der Waals surface area contributed by atoms with Gasteiger partial charge < -0.3 is 15.0 Å². The van der Waals surface area contributed by atoms with E-state index in [0.29, 0.717) is 30.8 Å². The second-order valence-corrected chi connectivity index (χ2v) is 11.5. The molecule has 1 aliphatic heterocycles. The number of benzene rings is 1. The van der Waals surface area contributed by atoms with E-state index < -0.39 is 0 Å². The predicted molar refractivity (Wildman–Crippen MR) is 162 cm³/mol. The van der Waals surface area contributed by atoms with Gasteiger partial charge in [-0.1, -0.05) is 58.1 Å². The molecule has 1 amide bonds. The van der Waals surface area contributed by atoms with Crippen molar-refractivity contribution in [1.29, 1.82) is 0 Å². The number of aromatic nitrogens is 1. The first-order chi connectivity index (χ1) is 18.1. The number of piperidine rings is 1. The summed E-state index contributed by atoms with van der Waals surface area (Å²) in [5, 5.41) is 10.4. The van der Waals surface area contributed by atoms with E-state index in [1.54, 1.807) is 0 Å². The highest BCUT2D eigenvalue weighted by Crippen LogP contribution is 2.38. The largest absolute Gasteiger partial charge is 0.395 e. The predicted octanol–water partition coefficient (Wildman–Crippen LogP) is 6.87. The van der Waals surface area contributed by atoms with Crippen molar-refractivity contribution in [3.63, 3.8) is 0 Å². The van der Waals surface area contributed by atoms with Crippen LogP contribution in [0.4, 0.5) is 0 Å². The number of carbonyl (C=O) groups is 1. The highest BCUT2D eigenvalue weighted by Gasteiger charge is 2.26. The normalized spacial score (nSPS) is 16.9. The van der Waals surface area contributed by atoms with Crippen LogP contribution in [-0.4, -0.2) is 65.6 Å². The van der Waals surface area contributed by atoms with Crippen molar-refractivity contribution in [2.45, 2.75) is 72.6 Å². The Morgan fingerprint density at radius 1 is 1.24 bits per heavy atom. The summed E-state index contributed by atoms with van der Waals surface area (Å²) in [4.78, 5) is 20.3. The van der Waals surface area contributed by atoms with E-state index in [9.17, 15) is 4.79 Å². The SMILES string of the molecule is C=C/C(C)=C(\C=C(\C)C(C)CC)c1[nH]c2ccc(C3CCN(C(=O)CN(C)CCO)CC3)cc2c1C(C)C. The van der Waals surface area contributed by atoms with Crippen molar-refractivity contribution in [1.82, 2.24) is 14.8 Å². The average Bonchev–Trinajstić information content (AvgIpc) is 3.29. The summed E-state index contributed by atoms with van der Waals surface area (Å²) in [6.45, 7) is 20.1. The van der Waals surface area contributed by atoms with Gasteiger partial charge in [-0.3, -0.25) is 9.69 Å². The van der Waals surface area contributed by atoms with Gasteiger partial charge in [-0.2, -0.15) is 0 Å². The first-order valence-corrected chi connectivity index (χ1v) is 14.4. The molecule has 0 saturated carbocycles. The van der Waals surface area contributed by atoms with Crippen LogP contribution in [-0.2, 0) is 4.79 Å². The number of aromatic amines is 1. The van der Waals surface area contributed by atoms with E-state index >= 15 is 0 Å². The molecule has 1 unspecified atom stereocenters. The molecule has 0 aliphatic carbocycles. The number of aliphatic hydroxyl groups excluding tert-OH is 1. The van der Waals surface area contributed by atoms with Gasteiger partial charge >= 0.3 is 0 Å². The van der Waals surface area contributed by atoms with E-state index in [1.165, 1.54) is 44.4 Å². The van der Waals surface area contributed by atoms with Gasteiger partial charge in [0.2, 0.25) is 5.91 Å². The highest BCUT2D eigenvalue weighted by molar-refractivity contribution is 5.93. The number of carbonyl (C=O) groups excluding carboxylic acids is 1. The van der Waals surface area contributed by atoms with Crippen molar-refractivity contribution >= 4 is 22.4 Å². The van der Waals surface area contributed by atoms with Crippen LogP contribution in [0.15, 0.2) is 48.1 Å². The van der Waals surface area contributed by atoms with Crippen molar-refractivity contribution in [2.75, 3.05) is 39.8 Å². The molecule has 5 nitrogen and oxygen atoms in total. The number of allylic oxidation sites excluding steroid dienone is 5. The fourth-order valence-corrected chi connectivity index (χ4v) is 5.52. The Hall–Kier alpha value is -2.63. The molecule has 1 fully saturated rings. The lowest BCUT2D eigenvalue weighted by molar-refractivity contribution is -0.133. The molecule has 3 rings (SSSR count). The van der Waals surface area contributed by atoms with E-state index in [4.69, 9.17) is 5.11 Å². The van der Waals surface area contributed by atoms with Gasteiger partial charge in [0.25, 0.3) is 0 Å². The molecular formula is C33H49N3O2. The van der Waals surface area contributed by atoms with Gasteiger partial charge in [0.15, 0.2) is 0 Å². The molecular weight excluding hydrogens is 470 g/mol. The van der Waals surface area contributed by atoms with Gasteiger partial charge in [0, 0.05) is 36.1 Å². The number of likely N-dealkylation sites (tertiary alicyclic amines) is 1. The molecule has 1 aromatic heterocycles.